The van der Waals surface area contributed by atoms with Gasteiger partial charge in [-0.25, -0.2) is 0 Å². The molecule has 0 saturated heterocycles. The van der Waals surface area contributed by atoms with Crippen LogP contribution in [0.3, 0.4) is 0 Å². The van der Waals surface area contributed by atoms with Crippen molar-refractivity contribution in [3.63, 3.8) is 0 Å². The van der Waals surface area contributed by atoms with E-state index in [2.05, 4.69) is 134 Å². The molecule has 0 spiro atoms. The number of hydrogen-bond donors (Lipinski definition) is 0. The minimum absolute atomic E-state index is 0. The molecule has 6 aromatic heterocycles. The topological polar surface area (TPSA) is 79.8 Å². The predicted molar refractivity (Wildman–Crippen MR) is 281 cm³/mol. The van der Waals surface area contributed by atoms with Gasteiger partial charge in [-0.3, -0.25) is 0 Å². The molecule has 70 heavy (non-hydrogen) atoms. The van der Waals surface area contributed by atoms with E-state index in [0.717, 1.165) is 67.0 Å². The molecular weight excluding hydrogens is 1220 g/mol. The first-order valence-electron chi connectivity index (χ1n) is 22.8. The number of hydrogen-bond acceptors (Lipinski definition) is 4. The first-order chi connectivity index (χ1) is 33.2. The van der Waals surface area contributed by atoms with E-state index in [4.69, 9.17) is 9.97 Å². The molecule has 0 bridgehead atoms. The van der Waals surface area contributed by atoms with Crippen molar-refractivity contribution in [1.29, 1.82) is 0 Å². The zero-order valence-corrected chi connectivity index (χ0v) is 44.3. The van der Waals surface area contributed by atoms with Crippen LogP contribution >= 0.6 is 0 Å². The van der Waals surface area contributed by atoms with Crippen LogP contribution in [0.25, 0.3) is 88.9 Å². The molecule has 12 rings (SSSR count). The Kier molecular flexibility index (Phi) is 17.0. The van der Waals surface area contributed by atoms with E-state index in [-0.39, 0.29) is 42.1 Å². The average Bonchev–Trinajstić information content (AvgIpc) is 3.93. The molecular formula is C62H50N6Pt2. The van der Waals surface area contributed by atoms with Crippen molar-refractivity contribution >= 4 is 43.9 Å². The molecule has 0 aliphatic heterocycles. The van der Waals surface area contributed by atoms with E-state index in [9.17, 15) is 0 Å². The summed E-state index contributed by atoms with van der Waals surface area (Å²) in [6.45, 7) is 12.9. The summed E-state index contributed by atoms with van der Waals surface area (Å²) in [5.41, 5.74) is 19.8. The molecule has 12 aromatic rings. The zero-order valence-electron chi connectivity index (χ0n) is 39.8. The van der Waals surface area contributed by atoms with Gasteiger partial charge in [0.05, 0.1) is 0 Å². The van der Waals surface area contributed by atoms with Gasteiger partial charge in [-0.15, -0.1) is 71.8 Å². The number of para-hydroxylation sites is 2. The Balaban J connectivity index is 0.000000142. The summed E-state index contributed by atoms with van der Waals surface area (Å²) in [6, 6.07) is 67.4. The van der Waals surface area contributed by atoms with Gasteiger partial charge in [-0.1, -0.05) is 144 Å². The first-order valence-corrected chi connectivity index (χ1v) is 22.8. The van der Waals surface area contributed by atoms with Crippen molar-refractivity contribution in [1.82, 2.24) is 29.9 Å². The SMILES string of the molecule is Cc1cc(C)c(-c2ccc3c(n2)[n-]c2ccccc23)c(C)c1.Cc1cc(C)c(-c2ccc3c(n2)[n-]c2ccccc23)c(C)c1.[Pt+2].[Pt+2].[c-]1ccccc1-c1ccccn1.[c-]1ccccc1-c1ccccn1. The van der Waals surface area contributed by atoms with Gasteiger partial charge in [0.25, 0.3) is 0 Å². The smallest absolute Gasteiger partial charge is 0.435 e. The molecule has 0 saturated carbocycles. The maximum Gasteiger partial charge on any atom is 2.00 e. The quantitative estimate of drug-likeness (QED) is 0.163. The van der Waals surface area contributed by atoms with E-state index >= 15 is 0 Å². The molecule has 0 fully saturated rings. The summed E-state index contributed by atoms with van der Waals surface area (Å²) in [5.74, 6) is 0. The van der Waals surface area contributed by atoms with Gasteiger partial charge in [-0.2, -0.15) is 0 Å². The molecule has 0 aliphatic rings. The van der Waals surface area contributed by atoms with Crippen LogP contribution in [-0.4, -0.2) is 19.9 Å². The molecule has 6 aromatic carbocycles. The van der Waals surface area contributed by atoms with Gasteiger partial charge in [0.2, 0.25) is 0 Å². The van der Waals surface area contributed by atoms with Gasteiger partial charge in [0.1, 0.15) is 0 Å². The van der Waals surface area contributed by atoms with Crippen LogP contribution in [0.2, 0.25) is 0 Å². The van der Waals surface area contributed by atoms with E-state index < -0.39 is 0 Å². The normalized spacial score (nSPS) is 10.5. The summed E-state index contributed by atoms with van der Waals surface area (Å²) >= 11 is 0. The average molecular weight is 1270 g/mol. The summed E-state index contributed by atoms with van der Waals surface area (Å²) in [5, 5.41) is 4.60. The van der Waals surface area contributed by atoms with Crippen molar-refractivity contribution in [2.75, 3.05) is 0 Å². The van der Waals surface area contributed by atoms with Gasteiger partial charge in [-0.05, 0) is 142 Å². The van der Waals surface area contributed by atoms with Gasteiger partial charge < -0.3 is 29.9 Å². The van der Waals surface area contributed by atoms with Crippen LogP contribution in [0.15, 0.2) is 194 Å². The summed E-state index contributed by atoms with van der Waals surface area (Å²) in [7, 11) is 0. The first kappa shape index (κ1) is 50.8. The van der Waals surface area contributed by atoms with Gasteiger partial charge in [0.15, 0.2) is 0 Å². The predicted octanol–water partition coefficient (Wildman–Crippen LogP) is 15.0. The third-order valence-electron chi connectivity index (χ3n) is 11.8. The van der Waals surface area contributed by atoms with E-state index in [1.54, 1.807) is 12.4 Å². The summed E-state index contributed by atoms with van der Waals surface area (Å²) < 4.78 is 0. The Labute approximate surface area is 439 Å². The molecule has 8 heteroatoms. The molecule has 0 amide bonds. The third-order valence-corrected chi connectivity index (χ3v) is 11.8. The number of aryl methyl sites for hydroxylation is 6. The standard InChI is InChI=1S/2C20H17N2.2C11H8N.2Pt/c2*1-12-10-13(2)19(14(3)11-12)18-9-8-16-15-6-4-5-7-17(15)21-20(16)22-18;2*1-2-6-10(7-3-1)11-8-4-5-9-12-11;;/h2*4-11H,1-3H3;2*1-6,8-9H;;/q4*-1;2*+2. The van der Waals surface area contributed by atoms with Gasteiger partial charge >= 0.3 is 42.1 Å². The number of pyridine rings is 4. The van der Waals surface area contributed by atoms with Crippen molar-refractivity contribution in [2.24, 2.45) is 0 Å². The van der Waals surface area contributed by atoms with Crippen LogP contribution in [0.1, 0.15) is 33.4 Å². The van der Waals surface area contributed by atoms with Crippen molar-refractivity contribution in [3.8, 4) is 45.0 Å². The third kappa shape index (κ3) is 11.7. The number of benzene rings is 6. The van der Waals surface area contributed by atoms with Crippen LogP contribution in [-0.2, 0) is 42.1 Å². The largest absolute Gasteiger partial charge is 2.00 e. The fourth-order valence-electron chi connectivity index (χ4n) is 8.91. The summed E-state index contributed by atoms with van der Waals surface area (Å²) in [4.78, 5) is 27.4. The molecule has 348 valence electrons. The fourth-order valence-corrected chi connectivity index (χ4v) is 8.91. The maximum absolute atomic E-state index is 4.82. The minimum atomic E-state index is 0. The number of aromatic nitrogens is 6. The summed E-state index contributed by atoms with van der Waals surface area (Å²) in [6.07, 6.45) is 3.58. The number of nitrogens with zero attached hydrogens (tertiary/aromatic N) is 6. The van der Waals surface area contributed by atoms with E-state index in [0.29, 0.717) is 0 Å². The molecule has 0 atom stereocenters. The monoisotopic (exact) mass is 1270 g/mol. The maximum atomic E-state index is 4.82. The molecule has 0 N–H and O–H groups in total. The Morgan fingerprint density at radius 1 is 0.357 bits per heavy atom. The second-order valence-electron chi connectivity index (χ2n) is 16.9. The Morgan fingerprint density at radius 2 is 0.729 bits per heavy atom. The number of fused-ring (bicyclic) bond motifs is 6. The van der Waals surface area contributed by atoms with Crippen LogP contribution in [0.4, 0.5) is 0 Å². The van der Waals surface area contributed by atoms with Crippen molar-refractivity contribution in [3.05, 3.63) is 240 Å². The van der Waals surface area contributed by atoms with E-state index in [1.807, 2.05) is 121 Å². The molecule has 0 unspecified atom stereocenters. The second-order valence-corrected chi connectivity index (χ2v) is 16.9. The van der Waals surface area contributed by atoms with Gasteiger partial charge in [0, 0.05) is 12.4 Å². The Hall–Kier alpha value is -7.10. The Bertz CT molecular complexity index is 3260. The number of rotatable bonds is 4. The minimum Gasteiger partial charge on any atom is -0.435 e. The van der Waals surface area contributed by atoms with Crippen LogP contribution in [0, 0.1) is 53.7 Å². The van der Waals surface area contributed by atoms with Crippen molar-refractivity contribution < 1.29 is 42.1 Å². The van der Waals surface area contributed by atoms with Crippen LogP contribution < -0.4 is 9.97 Å². The Morgan fingerprint density at radius 3 is 1.09 bits per heavy atom. The second kappa shape index (κ2) is 23.5. The molecule has 0 aliphatic carbocycles. The molecule has 0 radical (unpaired) electrons. The molecule has 6 nitrogen and oxygen atoms in total. The van der Waals surface area contributed by atoms with E-state index in [1.165, 1.54) is 55.3 Å². The van der Waals surface area contributed by atoms with Crippen LogP contribution in [0.5, 0.6) is 0 Å². The fraction of sp³-hybridized carbons (Fsp3) is 0.0968. The van der Waals surface area contributed by atoms with Crippen molar-refractivity contribution in [2.45, 2.75) is 41.5 Å². The zero-order chi connectivity index (χ0) is 47.0. The molecule has 6 heterocycles.